The maximum absolute atomic E-state index is 11.8. The quantitative estimate of drug-likeness (QED) is 0.756. The Kier molecular flexibility index (Phi) is 2.83. The summed E-state index contributed by atoms with van der Waals surface area (Å²) in [5.41, 5.74) is 2.45. The number of hydrogen-bond donors (Lipinski definition) is 2. The zero-order valence-electron chi connectivity index (χ0n) is 10.2. The average molecular weight is 255 g/mol. The van der Waals surface area contributed by atoms with E-state index in [1.807, 2.05) is 18.2 Å². The monoisotopic (exact) mass is 255 g/mol. The largest absolute Gasteiger partial charge is 0.508 e. The summed E-state index contributed by atoms with van der Waals surface area (Å²) in [6, 6.07) is 10.6. The average Bonchev–Trinajstić information content (AvgIpc) is 2.87. The number of aromatic hydroxyl groups is 1. The minimum atomic E-state index is -0.119. The Hall–Kier alpha value is -2.49. The molecule has 2 heterocycles. The summed E-state index contributed by atoms with van der Waals surface area (Å²) in [4.78, 5) is 14.6. The van der Waals surface area contributed by atoms with Gasteiger partial charge in [-0.15, -0.1) is 0 Å². The predicted molar refractivity (Wildman–Crippen MR) is 72.3 cm³/mol. The smallest absolute Gasteiger partial charge is 0.259 e. The molecule has 2 N–H and O–H groups in total. The summed E-state index contributed by atoms with van der Waals surface area (Å²) in [6.07, 6.45) is 3.03. The molecule has 0 unspecified atom stereocenters. The standard InChI is InChI=1S/C15H13NO3/c17-12-5-2-10(3-6-12)1-4-11-9-14-13(7-8-19-14)15(18)16-11/h2-3,5-9,17H,1,4H2,(H,16,18). The number of phenols is 1. The van der Waals surface area contributed by atoms with Crippen molar-refractivity contribution in [3.05, 3.63) is 64.3 Å². The highest BCUT2D eigenvalue weighted by Crippen LogP contribution is 2.14. The van der Waals surface area contributed by atoms with E-state index in [2.05, 4.69) is 4.98 Å². The summed E-state index contributed by atoms with van der Waals surface area (Å²) in [5, 5.41) is 9.79. The number of hydrogen-bond acceptors (Lipinski definition) is 3. The van der Waals surface area contributed by atoms with Gasteiger partial charge < -0.3 is 14.5 Å². The van der Waals surface area contributed by atoms with E-state index in [9.17, 15) is 9.90 Å². The van der Waals surface area contributed by atoms with Crippen LogP contribution in [0.15, 0.2) is 51.9 Å². The molecule has 0 saturated carbocycles. The number of pyridine rings is 1. The van der Waals surface area contributed by atoms with Gasteiger partial charge in [0.05, 0.1) is 11.6 Å². The Morgan fingerprint density at radius 2 is 1.89 bits per heavy atom. The van der Waals surface area contributed by atoms with Gasteiger partial charge in [-0.05, 0) is 36.6 Å². The third-order valence-corrected chi connectivity index (χ3v) is 3.14. The minimum absolute atomic E-state index is 0.119. The second-order valence-electron chi connectivity index (χ2n) is 4.49. The number of phenolic OH excluding ortho intramolecular Hbond substituents is 1. The zero-order chi connectivity index (χ0) is 13.2. The molecule has 0 aliphatic heterocycles. The number of aromatic nitrogens is 1. The van der Waals surface area contributed by atoms with E-state index in [0.717, 1.165) is 24.1 Å². The zero-order valence-corrected chi connectivity index (χ0v) is 10.2. The Morgan fingerprint density at radius 1 is 1.11 bits per heavy atom. The first-order valence-corrected chi connectivity index (χ1v) is 6.10. The molecule has 0 spiro atoms. The van der Waals surface area contributed by atoms with Crippen LogP contribution in [-0.2, 0) is 12.8 Å². The van der Waals surface area contributed by atoms with Crippen LogP contribution >= 0.6 is 0 Å². The van der Waals surface area contributed by atoms with Gasteiger partial charge in [0.25, 0.3) is 5.56 Å². The minimum Gasteiger partial charge on any atom is -0.508 e. The lowest BCUT2D eigenvalue weighted by atomic mass is 10.1. The predicted octanol–water partition coefficient (Wildman–Crippen LogP) is 2.61. The van der Waals surface area contributed by atoms with Crippen molar-refractivity contribution in [1.29, 1.82) is 0 Å². The van der Waals surface area contributed by atoms with E-state index in [0.29, 0.717) is 11.0 Å². The second kappa shape index (κ2) is 4.65. The van der Waals surface area contributed by atoms with Crippen LogP contribution in [0.5, 0.6) is 5.75 Å². The molecule has 0 radical (unpaired) electrons. The van der Waals surface area contributed by atoms with Crippen LogP contribution in [0.1, 0.15) is 11.3 Å². The number of furan rings is 1. The number of nitrogens with one attached hydrogen (secondary N) is 1. The molecule has 4 nitrogen and oxygen atoms in total. The van der Waals surface area contributed by atoms with Crippen molar-refractivity contribution in [2.24, 2.45) is 0 Å². The molecule has 2 aromatic heterocycles. The lowest BCUT2D eigenvalue weighted by Gasteiger charge is -2.02. The summed E-state index contributed by atoms with van der Waals surface area (Å²) in [7, 11) is 0. The molecule has 0 atom stereocenters. The second-order valence-corrected chi connectivity index (χ2v) is 4.49. The molecule has 0 amide bonds. The van der Waals surface area contributed by atoms with Crippen LogP contribution in [0.3, 0.4) is 0 Å². The van der Waals surface area contributed by atoms with E-state index in [1.165, 1.54) is 6.26 Å². The first-order chi connectivity index (χ1) is 9.22. The first kappa shape index (κ1) is 11.6. The Balaban J connectivity index is 1.81. The van der Waals surface area contributed by atoms with E-state index in [-0.39, 0.29) is 11.3 Å². The van der Waals surface area contributed by atoms with Crippen molar-refractivity contribution in [2.75, 3.05) is 0 Å². The highest BCUT2D eigenvalue weighted by molar-refractivity contribution is 5.75. The van der Waals surface area contributed by atoms with Gasteiger partial charge in [-0.25, -0.2) is 0 Å². The molecule has 0 bridgehead atoms. The molecule has 96 valence electrons. The Bertz CT molecular complexity index is 753. The molecule has 1 aromatic carbocycles. The van der Waals surface area contributed by atoms with Crippen molar-refractivity contribution in [3.63, 3.8) is 0 Å². The van der Waals surface area contributed by atoms with Crippen molar-refractivity contribution >= 4 is 11.0 Å². The van der Waals surface area contributed by atoms with Crippen LogP contribution in [0, 0.1) is 0 Å². The van der Waals surface area contributed by atoms with Crippen LogP contribution in [0.25, 0.3) is 11.0 Å². The molecule has 3 rings (SSSR count). The first-order valence-electron chi connectivity index (χ1n) is 6.10. The molecule has 0 aliphatic carbocycles. The molecule has 0 fully saturated rings. The third kappa shape index (κ3) is 2.38. The van der Waals surface area contributed by atoms with Gasteiger partial charge in [0, 0.05) is 11.8 Å². The summed E-state index contributed by atoms with van der Waals surface area (Å²) in [6.45, 7) is 0. The van der Waals surface area contributed by atoms with Crippen LogP contribution in [0.2, 0.25) is 0 Å². The molecule has 0 aliphatic rings. The van der Waals surface area contributed by atoms with Gasteiger partial charge in [-0.3, -0.25) is 4.79 Å². The van der Waals surface area contributed by atoms with E-state index in [4.69, 9.17) is 4.42 Å². The van der Waals surface area contributed by atoms with E-state index >= 15 is 0 Å². The van der Waals surface area contributed by atoms with Crippen LogP contribution in [-0.4, -0.2) is 10.1 Å². The topological polar surface area (TPSA) is 66.2 Å². The maximum atomic E-state index is 11.8. The Labute approximate surface area is 109 Å². The van der Waals surface area contributed by atoms with Gasteiger partial charge in [0.1, 0.15) is 11.3 Å². The molecule has 19 heavy (non-hydrogen) atoms. The van der Waals surface area contributed by atoms with Crippen molar-refractivity contribution in [1.82, 2.24) is 4.98 Å². The number of aromatic amines is 1. The van der Waals surface area contributed by atoms with Gasteiger partial charge in [0.15, 0.2) is 0 Å². The lowest BCUT2D eigenvalue weighted by Crippen LogP contribution is -2.08. The molecular weight excluding hydrogens is 242 g/mol. The summed E-state index contributed by atoms with van der Waals surface area (Å²) < 4.78 is 5.25. The normalized spacial score (nSPS) is 10.9. The highest BCUT2D eigenvalue weighted by atomic mass is 16.3. The van der Waals surface area contributed by atoms with Gasteiger partial charge in [-0.2, -0.15) is 0 Å². The van der Waals surface area contributed by atoms with Crippen molar-refractivity contribution < 1.29 is 9.52 Å². The maximum Gasteiger partial charge on any atom is 0.259 e. The number of rotatable bonds is 3. The fourth-order valence-corrected chi connectivity index (χ4v) is 2.10. The van der Waals surface area contributed by atoms with E-state index < -0.39 is 0 Å². The van der Waals surface area contributed by atoms with Crippen molar-refractivity contribution in [2.45, 2.75) is 12.8 Å². The van der Waals surface area contributed by atoms with Crippen molar-refractivity contribution in [3.8, 4) is 5.75 Å². The molecule has 4 heteroatoms. The molecular formula is C15H13NO3. The number of aryl methyl sites for hydroxylation is 2. The fourth-order valence-electron chi connectivity index (χ4n) is 2.10. The number of benzene rings is 1. The van der Waals surface area contributed by atoms with Crippen LogP contribution in [0.4, 0.5) is 0 Å². The number of H-pyrrole nitrogens is 1. The van der Waals surface area contributed by atoms with Gasteiger partial charge in [0.2, 0.25) is 0 Å². The third-order valence-electron chi connectivity index (χ3n) is 3.14. The highest BCUT2D eigenvalue weighted by Gasteiger charge is 2.04. The fraction of sp³-hybridized carbons (Fsp3) is 0.133. The van der Waals surface area contributed by atoms with Gasteiger partial charge >= 0.3 is 0 Å². The number of fused-ring (bicyclic) bond motifs is 1. The molecule has 3 aromatic rings. The van der Waals surface area contributed by atoms with E-state index in [1.54, 1.807) is 18.2 Å². The summed E-state index contributed by atoms with van der Waals surface area (Å²) in [5.74, 6) is 0.258. The van der Waals surface area contributed by atoms with Crippen LogP contribution < -0.4 is 5.56 Å². The van der Waals surface area contributed by atoms with Gasteiger partial charge in [-0.1, -0.05) is 12.1 Å². The Morgan fingerprint density at radius 3 is 2.68 bits per heavy atom. The molecule has 0 saturated heterocycles. The summed E-state index contributed by atoms with van der Waals surface area (Å²) >= 11 is 0. The SMILES string of the molecule is O=c1[nH]c(CCc2ccc(O)cc2)cc2occc12. The lowest BCUT2D eigenvalue weighted by molar-refractivity contribution is 0.475.